The third kappa shape index (κ3) is 4.22. The smallest absolute Gasteiger partial charge is 0.0989 e. The van der Waals surface area contributed by atoms with E-state index in [1.54, 1.807) is 6.20 Å². The molecular weight excluding hydrogens is 206 g/mol. The van der Waals surface area contributed by atoms with Gasteiger partial charge in [0.2, 0.25) is 0 Å². The molecule has 0 atom stereocenters. The summed E-state index contributed by atoms with van der Waals surface area (Å²) < 4.78 is 0. The summed E-state index contributed by atoms with van der Waals surface area (Å²) in [5, 5.41) is 10.1. The van der Waals surface area contributed by atoms with Crippen molar-refractivity contribution in [3.8, 4) is 0 Å². The standard InChI is InChI=1S/C12H19NOS/c1-3-4-5-6-15-12-10(2)7-11(9-14)8-13-12/h7-8,14H,3-6,9H2,1-2H3. The number of aryl methyl sites for hydroxylation is 1. The first-order valence-electron chi connectivity index (χ1n) is 5.47. The second-order valence-corrected chi connectivity index (χ2v) is 4.76. The first kappa shape index (κ1) is 12.5. The Balaban J connectivity index is 2.47. The van der Waals surface area contributed by atoms with Crippen LogP contribution in [-0.4, -0.2) is 15.8 Å². The summed E-state index contributed by atoms with van der Waals surface area (Å²) in [6, 6.07) is 2.01. The van der Waals surface area contributed by atoms with Crippen molar-refractivity contribution < 1.29 is 5.11 Å². The molecule has 0 unspecified atom stereocenters. The van der Waals surface area contributed by atoms with Crippen LogP contribution in [-0.2, 0) is 6.61 Å². The summed E-state index contributed by atoms with van der Waals surface area (Å²) in [7, 11) is 0. The van der Waals surface area contributed by atoms with Crippen LogP contribution in [0, 0.1) is 6.92 Å². The molecule has 0 radical (unpaired) electrons. The van der Waals surface area contributed by atoms with E-state index in [4.69, 9.17) is 5.11 Å². The largest absolute Gasteiger partial charge is 0.392 e. The van der Waals surface area contributed by atoms with Gasteiger partial charge >= 0.3 is 0 Å². The van der Waals surface area contributed by atoms with E-state index in [2.05, 4.69) is 11.9 Å². The van der Waals surface area contributed by atoms with Crippen LogP contribution in [0.5, 0.6) is 0 Å². The molecule has 0 aliphatic carbocycles. The van der Waals surface area contributed by atoms with Gasteiger partial charge < -0.3 is 5.11 Å². The number of thioether (sulfide) groups is 1. The molecule has 1 N–H and O–H groups in total. The van der Waals surface area contributed by atoms with Gasteiger partial charge in [0, 0.05) is 6.20 Å². The molecule has 1 aromatic rings. The van der Waals surface area contributed by atoms with E-state index in [0.717, 1.165) is 16.3 Å². The lowest BCUT2D eigenvalue weighted by atomic mass is 10.2. The van der Waals surface area contributed by atoms with Gasteiger partial charge in [0.25, 0.3) is 0 Å². The van der Waals surface area contributed by atoms with Crippen molar-refractivity contribution in [3.05, 3.63) is 23.4 Å². The number of rotatable bonds is 6. The maximum Gasteiger partial charge on any atom is 0.0989 e. The molecule has 0 saturated carbocycles. The lowest BCUT2D eigenvalue weighted by molar-refractivity contribution is 0.281. The maximum atomic E-state index is 8.95. The molecule has 0 saturated heterocycles. The van der Waals surface area contributed by atoms with Crippen molar-refractivity contribution in [2.24, 2.45) is 0 Å². The van der Waals surface area contributed by atoms with Crippen LogP contribution < -0.4 is 0 Å². The first-order valence-corrected chi connectivity index (χ1v) is 6.45. The van der Waals surface area contributed by atoms with Crippen LogP contribution in [0.2, 0.25) is 0 Å². The van der Waals surface area contributed by atoms with Gasteiger partial charge in [-0.3, -0.25) is 0 Å². The van der Waals surface area contributed by atoms with Gasteiger partial charge in [-0.2, -0.15) is 0 Å². The molecule has 0 bridgehead atoms. The lowest BCUT2D eigenvalue weighted by Crippen LogP contribution is -1.92. The lowest BCUT2D eigenvalue weighted by Gasteiger charge is -2.05. The zero-order valence-corrected chi connectivity index (χ0v) is 10.3. The summed E-state index contributed by atoms with van der Waals surface area (Å²) in [6.07, 6.45) is 5.57. The molecule has 0 amide bonds. The molecule has 1 rings (SSSR count). The minimum atomic E-state index is 0.0780. The summed E-state index contributed by atoms with van der Waals surface area (Å²) in [4.78, 5) is 4.35. The molecule has 84 valence electrons. The van der Waals surface area contributed by atoms with Crippen molar-refractivity contribution in [3.63, 3.8) is 0 Å². The summed E-state index contributed by atoms with van der Waals surface area (Å²) in [6.45, 7) is 4.34. The van der Waals surface area contributed by atoms with Crippen molar-refractivity contribution >= 4 is 11.8 Å². The monoisotopic (exact) mass is 225 g/mol. The van der Waals surface area contributed by atoms with Gasteiger partial charge in [0.1, 0.15) is 0 Å². The third-order valence-electron chi connectivity index (χ3n) is 2.26. The molecule has 3 heteroatoms. The highest BCUT2D eigenvalue weighted by Crippen LogP contribution is 2.21. The fourth-order valence-electron chi connectivity index (χ4n) is 1.38. The third-order valence-corrected chi connectivity index (χ3v) is 3.45. The van der Waals surface area contributed by atoms with E-state index in [0.29, 0.717) is 0 Å². The molecule has 2 nitrogen and oxygen atoms in total. The highest BCUT2D eigenvalue weighted by molar-refractivity contribution is 7.99. The van der Waals surface area contributed by atoms with Crippen molar-refractivity contribution in [1.29, 1.82) is 0 Å². The summed E-state index contributed by atoms with van der Waals surface area (Å²) in [5.74, 6) is 1.14. The Kier molecular flexibility index (Phi) is 5.73. The molecule has 0 aromatic carbocycles. The zero-order chi connectivity index (χ0) is 11.1. The highest BCUT2D eigenvalue weighted by atomic mass is 32.2. The van der Waals surface area contributed by atoms with Crippen LogP contribution in [0.3, 0.4) is 0 Å². The van der Waals surface area contributed by atoms with E-state index in [1.165, 1.54) is 24.8 Å². The number of aromatic nitrogens is 1. The Bertz CT molecular complexity index is 302. The van der Waals surface area contributed by atoms with Crippen LogP contribution >= 0.6 is 11.8 Å². The number of pyridine rings is 1. The molecule has 15 heavy (non-hydrogen) atoms. The Labute approximate surface area is 96.1 Å². The minimum Gasteiger partial charge on any atom is -0.392 e. The Morgan fingerprint density at radius 1 is 1.40 bits per heavy atom. The van der Waals surface area contributed by atoms with Gasteiger partial charge in [-0.1, -0.05) is 19.8 Å². The molecule has 1 aromatic heterocycles. The van der Waals surface area contributed by atoms with E-state index in [-0.39, 0.29) is 6.61 Å². The predicted octanol–water partition coefficient (Wildman–Crippen LogP) is 3.16. The fourth-order valence-corrected chi connectivity index (χ4v) is 2.33. The molecule has 0 aliphatic heterocycles. The first-order chi connectivity index (χ1) is 7.27. The van der Waals surface area contributed by atoms with Crippen LogP contribution in [0.25, 0.3) is 0 Å². The zero-order valence-electron chi connectivity index (χ0n) is 9.49. The van der Waals surface area contributed by atoms with Gasteiger partial charge in [0.15, 0.2) is 0 Å². The van der Waals surface area contributed by atoms with Crippen LogP contribution in [0.15, 0.2) is 17.3 Å². The maximum absolute atomic E-state index is 8.95. The average Bonchev–Trinajstić information content (AvgIpc) is 2.26. The highest BCUT2D eigenvalue weighted by Gasteiger charge is 2.01. The van der Waals surface area contributed by atoms with Crippen molar-refractivity contribution in [2.45, 2.75) is 44.7 Å². The quantitative estimate of drug-likeness (QED) is 0.596. The van der Waals surface area contributed by atoms with E-state index in [9.17, 15) is 0 Å². The number of hydrogen-bond donors (Lipinski definition) is 1. The average molecular weight is 225 g/mol. The second-order valence-electron chi connectivity index (χ2n) is 3.68. The van der Waals surface area contributed by atoms with E-state index < -0.39 is 0 Å². The summed E-state index contributed by atoms with van der Waals surface area (Å²) >= 11 is 1.81. The predicted molar refractivity (Wildman–Crippen MR) is 65.1 cm³/mol. The van der Waals surface area contributed by atoms with Gasteiger partial charge in [0.05, 0.1) is 11.6 Å². The van der Waals surface area contributed by atoms with Crippen LogP contribution in [0.1, 0.15) is 37.3 Å². The number of aliphatic hydroxyl groups is 1. The topological polar surface area (TPSA) is 33.1 Å². The van der Waals surface area contributed by atoms with Gasteiger partial charge in [-0.25, -0.2) is 4.98 Å². The van der Waals surface area contributed by atoms with Crippen LogP contribution in [0.4, 0.5) is 0 Å². The SMILES string of the molecule is CCCCCSc1ncc(CO)cc1C. The van der Waals surface area contributed by atoms with Crippen molar-refractivity contribution in [2.75, 3.05) is 5.75 Å². The molecule has 0 aliphatic rings. The van der Waals surface area contributed by atoms with E-state index >= 15 is 0 Å². The second kappa shape index (κ2) is 6.85. The molecule has 1 heterocycles. The summed E-state index contributed by atoms with van der Waals surface area (Å²) in [5.41, 5.74) is 2.06. The van der Waals surface area contributed by atoms with E-state index in [1.807, 2.05) is 24.8 Å². The number of nitrogens with zero attached hydrogens (tertiary/aromatic N) is 1. The van der Waals surface area contributed by atoms with Gasteiger partial charge in [-0.15, -0.1) is 11.8 Å². The molecule has 0 fully saturated rings. The molecule has 0 spiro atoms. The fraction of sp³-hybridized carbons (Fsp3) is 0.583. The Hall–Kier alpha value is -0.540. The normalized spacial score (nSPS) is 10.6. The Morgan fingerprint density at radius 2 is 2.20 bits per heavy atom. The van der Waals surface area contributed by atoms with Crippen molar-refractivity contribution in [1.82, 2.24) is 4.98 Å². The minimum absolute atomic E-state index is 0.0780. The number of hydrogen-bond acceptors (Lipinski definition) is 3. The van der Waals surface area contributed by atoms with Gasteiger partial charge in [-0.05, 0) is 36.3 Å². The Morgan fingerprint density at radius 3 is 2.80 bits per heavy atom. The molecular formula is C12H19NOS. The number of unbranched alkanes of at least 4 members (excludes halogenated alkanes) is 2. The number of aliphatic hydroxyl groups excluding tert-OH is 1.